The van der Waals surface area contributed by atoms with Gasteiger partial charge in [-0.2, -0.15) is 17.4 Å². The van der Waals surface area contributed by atoms with Crippen molar-refractivity contribution >= 4 is 34.1 Å². The fraction of sp³-hybridized carbons (Fsp3) is 0.568. The number of benzene rings is 2. The maximum absolute atomic E-state index is 14.0. The lowest BCUT2D eigenvalue weighted by Gasteiger charge is -2.35. The van der Waals surface area contributed by atoms with Gasteiger partial charge in [-0.1, -0.05) is 79.9 Å². The molecule has 0 unspecified atom stereocenters. The Morgan fingerprint density at radius 1 is 0.904 bits per heavy atom. The molecule has 52 heavy (non-hydrogen) atoms. The van der Waals surface area contributed by atoms with Crippen molar-refractivity contribution in [2.75, 3.05) is 13.1 Å². The van der Waals surface area contributed by atoms with Gasteiger partial charge < -0.3 is 30.9 Å². The molecule has 0 aliphatic heterocycles. The van der Waals surface area contributed by atoms with E-state index in [4.69, 9.17) is 15.2 Å². The molecule has 0 aromatic heterocycles. The summed E-state index contributed by atoms with van der Waals surface area (Å²) in [5.41, 5.74) is 4.34. The predicted octanol–water partition coefficient (Wildman–Crippen LogP) is 3.08. The van der Waals surface area contributed by atoms with Crippen LogP contribution >= 0.6 is 0 Å². The average Bonchev–Trinajstić information content (AvgIpc) is 3.06. The maximum Gasteiger partial charge on any atom is 0.408 e. The van der Waals surface area contributed by atoms with Crippen LogP contribution in [0.2, 0.25) is 0 Å². The number of aliphatic hydroxyl groups excluding tert-OH is 1. The van der Waals surface area contributed by atoms with Crippen LogP contribution in [0.15, 0.2) is 60.7 Å². The number of hydrogen-bond donors (Lipinski definition) is 5. The van der Waals surface area contributed by atoms with Crippen molar-refractivity contribution in [1.82, 2.24) is 19.7 Å². The second-order valence-corrected chi connectivity index (χ2v) is 16.5. The third-order valence-corrected chi connectivity index (χ3v) is 10.3. The molecule has 15 heteroatoms. The number of nitrogens with two attached hydrogens (primary N) is 1. The minimum Gasteiger partial charge on any atom is -0.459 e. The Kier molecular flexibility index (Phi) is 15.6. The molecule has 0 heterocycles. The van der Waals surface area contributed by atoms with E-state index >= 15 is 0 Å². The number of esters is 1. The summed E-state index contributed by atoms with van der Waals surface area (Å²) in [6.45, 7) is 7.39. The molecule has 3 amide bonds. The van der Waals surface area contributed by atoms with Gasteiger partial charge in [0.2, 0.25) is 11.8 Å². The van der Waals surface area contributed by atoms with Crippen LogP contribution in [0, 0.1) is 5.92 Å². The van der Waals surface area contributed by atoms with E-state index in [0.29, 0.717) is 5.56 Å². The average molecular weight is 746 g/mol. The van der Waals surface area contributed by atoms with Crippen molar-refractivity contribution < 1.29 is 42.2 Å². The maximum atomic E-state index is 14.0. The van der Waals surface area contributed by atoms with E-state index < -0.39 is 76.4 Å². The first-order chi connectivity index (χ1) is 24.3. The smallest absolute Gasteiger partial charge is 0.408 e. The summed E-state index contributed by atoms with van der Waals surface area (Å²) in [5.74, 6) is -2.46. The summed E-state index contributed by atoms with van der Waals surface area (Å²) < 4.78 is 42.4. The summed E-state index contributed by atoms with van der Waals surface area (Å²) >= 11 is 0. The van der Waals surface area contributed by atoms with Gasteiger partial charge >= 0.3 is 12.1 Å². The van der Waals surface area contributed by atoms with E-state index in [9.17, 15) is 32.7 Å². The fourth-order valence-electron chi connectivity index (χ4n) is 5.85. The van der Waals surface area contributed by atoms with Crippen molar-refractivity contribution in [2.45, 2.75) is 115 Å². The minimum atomic E-state index is -4.41. The molecule has 14 nitrogen and oxygen atoms in total. The monoisotopic (exact) mass is 745 g/mol. The Hall–Kier alpha value is -4.05. The number of primary amides is 1. The lowest BCUT2D eigenvalue weighted by molar-refractivity contribution is -0.161. The van der Waals surface area contributed by atoms with Crippen molar-refractivity contribution in [3.8, 4) is 0 Å². The zero-order valence-corrected chi connectivity index (χ0v) is 31.6. The zero-order valence-electron chi connectivity index (χ0n) is 30.8. The van der Waals surface area contributed by atoms with Gasteiger partial charge in [0.25, 0.3) is 10.2 Å². The molecule has 2 aromatic rings. The fourth-order valence-corrected chi connectivity index (χ4v) is 7.46. The molecule has 0 spiro atoms. The van der Waals surface area contributed by atoms with E-state index in [2.05, 4.69) is 15.4 Å². The van der Waals surface area contributed by atoms with Gasteiger partial charge in [0, 0.05) is 13.1 Å². The molecule has 2 aromatic carbocycles. The number of ether oxygens (including phenoxy) is 2. The molecule has 1 aliphatic rings. The molecule has 3 atom stereocenters. The normalized spacial score (nSPS) is 16.0. The number of rotatable bonds is 18. The highest BCUT2D eigenvalue weighted by atomic mass is 32.2. The first kappa shape index (κ1) is 42.4. The molecule has 1 fully saturated rings. The van der Waals surface area contributed by atoms with Crippen LogP contribution < -0.4 is 21.1 Å². The molecule has 0 radical (unpaired) electrons. The van der Waals surface area contributed by atoms with Crippen LogP contribution in [0.5, 0.6) is 0 Å². The summed E-state index contributed by atoms with van der Waals surface area (Å²) in [7, 11) is -4.41. The van der Waals surface area contributed by atoms with E-state index in [1.807, 2.05) is 6.07 Å². The SMILES string of the molecule is CC(C)(C)OC(=O)C(C)(C)NS(=O)(=O)N(CC1CCCCC1)C[C@@H](O)[C@H](Cc1ccccc1)NC(=O)[C@H](CC(N)=O)NC(=O)OCc1ccccc1. The molecule has 6 N–H and O–H groups in total. The number of hydrogen-bond acceptors (Lipinski definition) is 9. The van der Waals surface area contributed by atoms with Crippen molar-refractivity contribution in [3.63, 3.8) is 0 Å². The first-order valence-corrected chi connectivity index (χ1v) is 19.1. The third-order valence-electron chi connectivity index (χ3n) is 8.53. The third kappa shape index (κ3) is 14.5. The van der Waals surface area contributed by atoms with Crippen LogP contribution in [-0.2, 0) is 47.1 Å². The molecule has 1 aliphatic carbocycles. The summed E-state index contributed by atoms with van der Waals surface area (Å²) in [6.07, 6.45) is 1.57. The lowest BCUT2D eigenvalue weighted by Crippen LogP contribution is -2.59. The zero-order chi connectivity index (χ0) is 38.5. The van der Waals surface area contributed by atoms with Gasteiger partial charge in [-0.05, 0) is 70.9 Å². The highest BCUT2D eigenvalue weighted by Gasteiger charge is 2.40. The number of aliphatic hydroxyl groups is 1. The van der Waals surface area contributed by atoms with Crippen LogP contribution in [0.3, 0.4) is 0 Å². The predicted molar refractivity (Wildman–Crippen MR) is 196 cm³/mol. The number of carbonyl (C=O) groups excluding carboxylic acids is 4. The minimum absolute atomic E-state index is 0.00961. The lowest BCUT2D eigenvalue weighted by atomic mass is 9.89. The quantitative estimate of drug-likeness (QED) is 0.142. The molecule has 1 saturated carbocycles. The van der Waals surface area contributed by atoms with Crippen molar-refractivity contribution in [1.29, 1.82) is 0 Å². The van der Waals surface area contributed by atoms with Crippen LogP contribution in [0.4, 0.5) is 4.79 Å². The highest BCUT2D eigenvalue weighted by molar-refractivity contribution is 7.87. The Balaban J connectivity index is 1.86. The first-order valence-electron chi connectivity index (χ1n) is 17.6. The van der Waals surface area contributed by atoms with Gasteiger partial charge in [0.1, 0.15) is 23.8 Å². The van der Waals surface area contributed by atoms with E-state index in [1.54, 1.807) is 75.4 Å². The number of amides is 3. The van der Waals surface area contributed by atoms with E-state index in [-0.39, 0.29) is 25.5 Å². The van der Waals surface area contributed by atoms with Crippen LogP contribution in [0.25, 0.3) is 0 Å². The largest absolute Gasteiger partial charge is 0.459 e. The molecule has 288 valence electrons. The van der Waals surface area contributed by atoms with E-state index in [0.717, 1.165) is 42.0 Å². The van der Waals surface area contributed by atoms with Gasteiger partial charge in [-0.15, -0.1) is 0 Å². The van der Waals surface area contributed by atoms with Crippen molar-refractivity contribution in [3.05, 3.63) is 71.8 Å². The Morgan fingerprint density at radius 2 is 1.48 bits per heavy atom. The van der Waals surface area contributed by atoms with Gasteiger partial charge in [-0.3, -0.25) is 14.4 Å². The molecule has 0 saturated heterocycles. The van der Waals surface area contributed by atoms with E-state index in [1.165, 1.54) is 13.8 Å². The number of alkyl carbamates (subject to hydrolysis) is 1. The summed E-state index contributed by atoms with van der Waals surface area (Å²) in [4.78, 5) is 51.3. The number of nitrogens with zero attached hydrogens (tertiary/aromatic N) is 1. The standard InChI is InChI=1S/C37H55N5O9S/c1-36(2,3)51-34(46)37(4,5)41-52(48,49)42(23-27-17-11-7-12-18-27)24-31(43)29(21-26-15-9-6-10-16-26)39-33(45)30(22-32(38)44)40-35(47)50-25-28-19-13-8-14-20-28/h6,8-10,13-16,19-20,27,29-31,41,43H,7,11-12,17-18,21-25H2,1-5H3,(H2,38,44)(H,39,45)(H,40,47)/t29-,30-,31+/m0/s1. The Bertz CT molecular complexity index is 1580. The van der Waals surface area contributed by atoms with Crippen molar-refractivity contribution in [2.24, 2.45) is 11.7 Å². The number of nitrogens with one attached hydrogen (secondary N) is 3. The number of carbonyl (C=O) groups is 4. The molecule has 3 rings (SSSR count). The van der Waals surface area contributed by atoms with Gasteiger partial charge in [-0.25, -0.2) is 4.79 Å². The topological polar surface area (TPSA) is 206 Å². The summed E-state index contributed by atoms with van der Waals surface area (Å²) in [5, 5.41) is 16.9. The Morgan fingerprint density at radius 3 is 2.04 bits per heavy atom. The highest BCUT2D eigenvalue weighted by Crippen LogP contribution is 2.26. The molecular weight excluding hydrogens is 691 g/mol. The van der Waals surface area contributed by atoms with Crippen LogP contribution in [0.1, 0.15) is 84.3 Å². The van der Waals surface area contributed by atoms with Gasteiger partial charge in [0.05, 0.1) is 18.6 Å². The molecule has 0 bridgehead atoms. The second kappa shape index (κ2) is 19.1. The summed E-state index contributed by atoms with van der Waals surface area (Å²) in [6, 6.07) is 15.3. The Labute approximate surface area is 307 Å². The van der Waals surface area contributed by atoms with Crippen LogP contribution in [-0.4, -0.2) is 84.1 Å². The van der Waals surface area contributed by atoms with Gasteiger partial charge in [0.15, 0.2) is 0 Å². The second-order valence-electron chi connectivity index (χ2n) is 14.9. The molecular formula is C37H55N5O9S.